The minimum Gasteiger partial charge on any atom is -0.327 e. The maximum atomic E-state index is 12.9. The minimum absolute atomic E-state index is 0.0494. The molecule has 82 valence electrons. The number of rotatable bonds is 1. The Bertz CT molecular complexity index is 385. The molecular weight excluding hydrogens is 210 g/mol. The SMILES string of the molecule is N[C@@H]1C[C@H]1c1ccc(F)c(C(F)(F)F)c1. The molecule has 15 heavy (non-hydrogen) atoms. The van der Waals surface area contributed by atoms with E-state index in [-0.39, 0.29) is 12.0 Å². The van der Waals surface area contributed by atoms with Gasteiger partial charge in [-0.25, -0.2) is 4.39 Å². The fourth-order valence-electron chi connectivity index (χ4n) is 1.59. The van der Waals surface area contributed by atoms with Crippen LogP contribution < -0.4 is 5.73 Å². The van der Waals surface area contributed by atoms with Gasteiger partial charge in [0.1, 0.15) is 5.82 Å². The van der Waals surface area contributed by atoms with Crippen molar-refractivity contribution in [3.63, 3.8) is 0 Å². The van der Waals surface area contributed by atoms with Gasteiger partial charge in [0.25, 0.3) is 0 Å². The van der Waals surface area contributed by atoms with Gasteiger partial charge in [0.15, 0.2) is 0 Å². The van der Waals surface area contributed by atoms with Crippen molar-refractivity contribution in [1.82, 2.24) is 0 Å². The summed E-state index contributed by atoms with van der Waals surface area (Å²) in [5.74, 6) is -1.29. The molecule has 0 heterocycles. The molecule has 2 atom stereocenters. The van der Waals surface area contributed by atoms with E-state index in [2.05, 4.69) is 0 Å². The highest BCUT2D eigenvalue weighted by Gasteiger charge is 2.39. The second kappa shape index (κ2) is 3.20. The first-order chi connectivity index (χ1) is 6.89. The molecule has 5 heteroatoms. The molecular formula is C10H9F4N. The molecule has 1 aliphatic rings. The lowest BCUT2D eigenvalue weighted by Gasteiger charge is -2.09. The van der Waals surface area contributed by atoms with Gasteiger partial charge >= 0.3 is 6.18 Å². The third-order valence-electron chi connectivity index (χ3n) is 2.56. The van der Waals surface area contributed by atoms with Crippen LogP contribution in [-0.4, -0.2) is 6.04 Å². The molecule has 1 nitrogen and oxygen atoms in total. The molecule has 1 fully saturated rings. The van der Waals surface area contributed by atoms with Crippen molar-refractivity contribution in [3.8, 4) is 0 Å². The number of nitrogens with two attached hydrogens (primary N) is 1. The number of halogens is 4. The average molecular weight is 219 g/mol. The molecule has 2 rings (SSSR count). The quantitative estimate of drug-likeness (QED) is 0.722. The smallest absolute Gasteiger partial charge is 0.327 e. The van der Waals surface area contributed by atoms with Crippen LogP contribution in [0, 0.1) is 5.82 Å². The van der Waals surface area contributed by atoms with Gasteiger partial charge in [0, 0.05) is 12.0 Å². The third-order valence-corrected chi connectivity index (χ3v) is 2.56. The lowest BCUT2D eigenvalue weighted by molar-refractivity contribution is -0.140. The summed E-state index contributed by atoms with van der Waals surface area (Å²) in [4.78, 5) is 0. The van der Waals surface area contributed by atoms with Crippen molar-refractivity contribution < 1.29 is 17.6 Å². The van der Waals surface area contributed by atoms with Crippen LogP contribution in [0.4, 0.5) is 17.6 Å². The summed E-state index contributed by atoms with van der Waals surface area (Å²) in [7, 11) is 0. The highest BCUT2D eigenvalue weighted by Crippen LogP contribution is 2.41. The van der Waals surface area contributed by atoms with Gasteiger partial charge in [-0.2, -0.15) is 13.2 Å². The predicted octanol–water partition coefficient (Wildman–Crippen LogP) is 2.66. The summed E-state index contributed by atoms with van der Waals surface area (Å²) in [6.45, 7) is 0. The van der Waals surface area contributed by atoms with Crippen molar-refractivity contribution in [2.24, 2.45) is 5.73 Å². The van der Waals surface area contributed by atoms with Crippen LogP contribution in [-0.2, 0) is 6.18 Å². The molecule has 0 spiro atoms. The number of hydrogen-bond acceptors (Lipinski definition) is 1. The van der Waals surface area contributed by atoms with E-state index in [0.29, 0.717) is 12.0 Å². The molecule has 0 aromatic heterocycles. The summed E-state index contributed by atoms with van der Waals surface area (Å²) in [5.41, 5.74) is 4.78. The Labute approximate surface area is 83.9 Å². The van der Waals surface area contributed by atoms with Crippen LogP contribution in [0.25, 0.3) is 0 Å². The first kappa shape index (κ1) is 10.4. The van der Waals surface area contributed by atoms with Crippen LogP contribution in [0.15, 0.2) is 18.2 Å². The molecule has 0 amide bonds. The Morgan fingerprint density at radius 1 is 1.27 bits per heavy atom. The van der Waals surface area contributed by atoms with Crippen molar-refractivity contribution in [2.45, 2.75) is 24.6 Å². The average Bonchev–Trinajstić information content (AvgIpc) is 2.81. The molecule has 1 aromatic rings. The van der Waals surface area contributed by atoms with Crippen molar-refractivity contribution in [1.29, 1.82) is 0 Å². The summed E-state index contributed by atoms with van der Waals surface area (Å²) in [6.07, 6.45) is -3.97. The fraction of sp³-hybridized carbons (Fsp3) is 0.400. The molecule has 2 N–H and O–H groups in total. The van der Waals surface area contributed by atoms with E-state index in [9.17, 15) is 17.6 Å². The molecule has 0 unspecified atom stereocenters. The van der Waals surface area contributed by atoms with Gasteiger partial charge in [-0.15, -0.1) is 0 Å². The Balaban J connectivity index is 2.37. The minimum atomic E-state index is -4.64. The molecule has 0 aliphatic heterocycles. The molecule has 1 saturated carbocycles. The summed E-state index contributed by atoms with van der Waals surface area (Å²) in [6, 6.07) is 2.98. The van der Waals surface area contributed by atoms with Crippen LogP contribution in [0.2, 0.25) is 0 Å². The van der Waals surface area contributed by atoms with Gasteiger partial charge in [0.2, 0.25) is 0 Å². The molecule has 1 aliphatic carbocycles. The Hall–Kier alpha value is -1.10. The zero-order chi connectivity index (χ0) is 11.2. The number of alkyl halides is 3. The lowest BCUT2D eigenvalue weighted by atomic mass is 10.1. The predicted molar refractivity (Wildman–Crippen MR) is 46.7 cm³/mol. The van der Waals surface area contributed by atoms with E-state index in [4.69, 9.17) is 5.73 Å². The Kier molecular flexibility index (Phi) is 2.22. The van der Waals surface area contributed by atoms with Crippen LogP contribution in [0.3, 0.4) is 0 Å². The largest absolute Gasteiger partial charge is 0.419 e. The zero-order valence-electron chi connectivity index (χ0n) is 7.68. The highest BCUT2D eigenvalue weighted by molar-refractivity contribution is 5.33. The third kappa shape index (κ3) is 1.97. The Morgan fingerprint density at radius 2 is 1.87 bits per heavy atom. The standard InChI is InChI=1S/C10H9F4N/c11-8-2-1-5(6-4-9(6)15)3-7(8)10(12,13)14/h1-3,6,9H,4,15H2/t6-,9+/m0/s1. The summed E-state index contributed by atoms with van der Waals surface area (Å²) >= 11 is 0. The zero-order valence-corrected chi connectivity index (χ0v) is 7.68. The molecule has 0 radical (unpaired) electrons. The van der Waals surface area contributed by atoms with Gasteiger partial charge in [-0.3, -0.25) is 0 Å². The first-order valence-corrected chi connectivity index (χ1v) is 4.52. The Morgan fingerprint density at radius 3 is 2.33 bits per heavy atom. The second-order valence-electron chi connectivity index (χ2n) is 3.74. The van der Waals surface area contributed by atoms with E-state index in [0.717, 1.165) is 12.1 Å². The van der Waals surface area contributed by atoms with Gasteiger partial charge < -0.3 is 5.73 Å². The van der Waals surface area contributed by atoms with Crippen LogP contribution >= 0.6 is 0 Å². The summed E-state index contributed by atoms with van der Waals surface area (Å²) in [5, 5.41) is 0. The van der Waals surface area contributed by atoms with Crippen LogP contribution in [0.5, 0.6) is 0 Å². The molecule has 0 bridgehead atoms. The van der Waals surface area contributed by atoms with Crippen molar-refractivity contribution in [3.05, 3.63) is 35.1 Å². The maximum absolute atomic E-state index is 12.9. The van der Waals surface area contributed by atoms with Crippen molar-refractivity contribution >= 4 is 0 Å². The van der Waals surface area contributed by atoms with E-state index in [1.165, 1.54) is 6.07 Å². The maximum Gasteiger partial charge on any atom is 0.419 e. The monoisotopic (exact) mass is 219 g/mol. The van der Waals surface area contributed by atoms with E-state index >= 15 is 0 Å². The molecule has 1 aromatic carbocycles. The second-order valence-corrected chi connectivity index (χ2v) is 3.74. The van der Waals surface area contributed by atoms with E-state index < -0.39 is 17.6 Å². The van der Waals surface area contributed by atoms with Crippen LogP contribution in [0.1, 0.15) is 23.5 Å². The topological polar surface area (TPSA) is 26.0 Å². The van der Waals surface area contributed by atoms with Gasteiger partial charge in [-0.1, -0.05) is 6.07 Å². The van der Waals surface area contributed by atoms with Crippen molar-refractivity contribution in [2.75, 3.05) is 0 Å². The number of hydrogen-bond donors (Lipinski definition) is 1. The lowest BCUT2D eigenvalue weighted by Crippen LogP contribution is -2.09. The highest BCUT2D eigenvalue weighted by atomic mass is 19.4. The normalized spacial score (nSPS) is 25.4. The number of benzene rings is 1. The fourth-order valence-corrected chi connectivity index (χ4v) is 1.59. The van der Waals surface area contributed by atoms with Gasteiger partial charge in [-0.05, 0) is 24.1 Å². The van der Waals surface area contributed by atoms with E-state index in [1.807, 2.05) is 0 Å². The summed E-state index contributed by atoms with van der Waals surface area (Å²) < 4.78 is 49.9. The first-order valence-electron chi connectivity index (χ1n) is 4.52. The van der Waals surface area contributed by atoms with E-state index in [1.54, 1.807) is 0 Å². The molecule has 0 saturated heterocycles. The van der Waals surface area contributed by atoms with Gasteiger partial charge in [0.05, 0.1) is 5.56 Å².